The number of nitrogens with two attached hydrogens (primary N) is 1. The van der Waals surface area contributed by atoms with Gasteiger partial charge in [-0.2, -0.15) is 10.5 Å². The molecule has 0 radical (unpaired) electrons. The number of halogens is 1. The molecule has 4 nitrogen and oxygen atoms in total. The molecule has 2 aromatic rings. The fourth-order valence-corrected chi connectivity index (χ4v) is 4.12. The van der Waals surface area contributed by atoms with E-state index in [2.05, 4.69) is 17.1 Å². The summed E-state index contributed by atoms with van der Waals surface area (Å²) >= 11 is 7.78. The van der Waals surface area contributed by atoms with Crippen molar-refractivity contribution in [2.45, 2.75) is 11.7 Å². The number of benzene rings is 2. The van der Waals surface area contributed by atoms with Crippen LogP contribution in [0, 0.1) is 28.6 Å². The Balaban J connectivity index is 2.02. The van der Waals surface area contributed by atoms with Crippen molar-refractivity contribution in [3.8, 4) is 12.1 Å². The summed E-state index contributed by atoms with van der Waals surface area (Å²) in [6, 6.07) is 21.6. The number of amidine groups is 1. The van der Waals surface area contributed by atoms with Crippen molar-refractivity contribution in [1.29, 1.82) is 10.5 Å². The van der Waals surface area contributed by atoms with Gasteiger partial charge in [-0.3, -0.25) is 0 Å². The highest BCUT2D eigenvalue weighted by Crippen LogP contribution is 2.43. The molecule has 1 aliphatic rings. The largest absolute Gasteiger partial charge is 0.386 e. The Morgan fingerprint density at radius 2 is 1.77 bits per heavy atom. The molecule has 26 heavy (non-hydrogen) atoms. The van der Waals surface area contributed by atoms with Crippen LogP contribution >= 0.6 is 23.4 Å². The smallest absolute Gasteiger partial charge is 0.119 e. The van der Waals surface area contributed by atoms with E-state index in [0.717, 1.165) is 5.56 Å². The predicted molar refractivity (Wildman–Crippen MR) is 105 cm³/mol. The minimum absolute atomic E-state index is 0.215. The van der Waals surface area contributed by atoms with Crippen LogP contribution < -0.4 is 5.73 Å². The minimum atomic E-state index is -0.717. The molecule has 1 aliphatic heterocycles. The first kappa shape index (κ1) is 18.1. The summed E-state index contributed by atoms with van der Waals surface area (Å²) in [4.78, 5) is 4.36. The Labute approximate surface area is 161 Å². The second-order valence-corrected chi connectivity index (χ2v) is 7.12. The first-order valence-electron chi connectivity index (χ1n) is 7.94. The van der Waals surface area contributed by atoms with Crippen molar-refractivity contribution in [1.82, 2.24) is 0 Å². The summed E-state index contributed by atoms with van der Waals surface area (Å²) in [6.45, 7) is 0. The molecule has 0 spiro atoms. The van der Waals surface area contributed by atoms with Gasteiger partial charge in [0.1, 0.15) is 16.8 Å². The number of aliphatic imine (C=N–C) groups is 1. The molecule has 0 saturated carbocycles. The third-order valence-electron chi connectivity index (χ3n) is 4.14. The van der Waals surface area contributed by atoms with Gasteiger partial charge in [0.05, 0.1) is 17.7 Å². The van der Waals surface area contributed by atoms with E-state index in [4.69, 9.17) is 17.3 Å². The van der Waals surface area contributed by atoms with Gasteiger partial charge < -0.3 is 5.73 Å². The molecular weight excluding hydrogens is 364 g/mol. The molecule has 2 N–H and O–H groups in total. The van der Waals surface area contributed by atoms with E-state index in [-0.39, 0.29) is 5.84 Å². The lowest BCUT2D eigenvalue weighted by atomic mass is 9.80. The van der Waals surface area contributed by atoms with E-state index < -0.39 is 11.8 Å². The zero-order valence-electron chi connectivity index (χ0n) is 13.8. The molecule has 0 amide bonds. The lowest BCUT2D eigenvalue weighted by Gasteiger charge is -2.27. The lowest BCUT2D eigenvalue weighted by Crippen LogP contribution is -2.32. The first-order valence-corrected chi connectivity index (χ1v) is 9.31. The molecule has 0 aromatic heterocycles. The van der Waals surface area contributed by atoms with Gasteiger partial charge in [0.25, 0.3) is 0 Å². The van der Waals surface area contributed by atoms with E-state index in [1.54, 1.807) is 6.07 Å². The summed E-state index contributed by atoms with van der Waals surface area (Å²) in [7, 11) is 0. The van der Waals surface area contributed by atoms with Gasteiger partial charge in [-0.1, -0.05) is 60.1 Å². The molecule has 1 heterocycles. The van der Waals surface area contributed by atoms with Crippen LogP contribution in [0.1, 0.15) is 17.0 Å². The Kier molecular flexibility index (Phi) is 5.63. The molecule has 2 atom stereocenters. The summed E-state index contributed by atoms with van der Waals surface area (Å²) in [5.74, 6) is -0.364. The highest BCUT2D eigenvalue weighted by Gasteiger charge is 2.36. The molecule has 0 bridgehead atoms. The van der Waals surface area contributed by atoms with E-state index in [0.29, 0.717) is 26.9 Å². The summed E-state index contributed by atoms with van der Waals surface area (Å²) in [5, 5.41) is 20.4. The number of nitriles is 2. The van der Waals surface area contributed by atoms with Crippen LogP contribution in [-0.4, -0.2) is 5.84 Å². The minimum Gasteiger partial charge on any atom is -0.386 e. The van der Waals surface area contributed by atoms with Crippen molar-refractivity contribution < 1.29 is 0 Å². The summed E-state index contributed by atoms with van der Waals surface area (Å²) < 4.78 is 0. The van der Waals surface area contributed by atoms with Crippen LogP contribution in [0.2, 0.25) is 5.02 Å². The number of rotatable bonds is 4. The highest BCUT2D eigenvalue weighted by molar-refractivity contribution is 8.02. The monoisotopic (exact) mass is 378 g/mol. The summed E-state index contributed by atoms with van der Waals surface area (Å²) in [5.41, 5.74) is 8.34. The molecule has 0 aliphatic carbocycles. The highest BCUT2D eigenvalue weighted by atomic mass is 35.5. The van der Waals surface area contributed by atoms with E-state index in [1.807, 2.05) is 48.5 Å². The van der Waals surface area contributed by atoms with E-state index in [1.165, 1.54) is 11.8 Å². The van der Waals surface area contributed by atoms with Gasteiger partial charge >= 0.3 is 0 Å². The zero-order chi connectivity index (χ0) is 18.5. The molecule has 0 fully saturated rings. The average Bonchev–Trinajstić information content (AvgIpc) is 2.67. The number of allylic oxidation sites excluding steroid dienone is 1. The van der Waals surface area contributed by atoms with Crippen LogP contribution in [0.3, 0.4) is 0 Å². The molecular formula is C20H15ClN4S. The van der Waals surface area contributed by atoms with Crippen molar-refractivity contribution >= 4 is 29.2 Å². The topological polar surface area (TPSA) is 86.0 Å². The van der Waals surface area contributed by atoms with Gasteiger partial charge in [0, 0.05) is 16.7 Å². The van der Waals surface area contributed by atoms with Crippen molar-refractivity contribution in [3.05, 3.63) is 81.3 Å². The van der Waals surface area contributed by atoms with Gasteiger partial charge in [-0.25, -0.2) is 4.99 Å². The standard InChI is InChI=1S/C20H15ClN4S/c21-17-9-5-4-8-14(17)18-15(10-22)19(24)25-20(16(18)11-23)26-12-13-6-2-1-3-7-13/h1-9,15,18H,12H2,(H2,24,25)/t15?,18-/m0/s1. The lowest BCUT2D eigenvalue weighted by molar-refractivity contribution is 0.709. The van der Waals surface area contributed by atoms with Crippen LogP contribution in [0.4, 0.5) is 0 Å². The van der Waals surface area contributed by atoms with Crippen molar-refractivity contribution in [2.24, 2.45) is 16.6 Å². The number of hydrogen-bond acceptors (Lipinski definition) is 5. The Hall–Kier alpha value is -2.73. The normalized spacial score (nSPS) is 19.4. The van der Waals surface area contributed by atoms with Crippen LogP contribution in [0.5, 0.6) is 0 Å². The average molecular weight is 379 g/mol. The van der Waals surface area contributed by atoms with E-state index >= 15 is 0 Å². The van der Waals surface area contributed by atoms with Gasteiger partial charge in [-0.15, -0.1) is 11.8 Å². The second-order valence-electron chi connectivity index (χ2n) is 5.75. The first-order chi connectivity index (χ1) is 12.7. The molecule has 3 rings (SSSR count). The SMILES string of the molecule is N#CC1=C(SCc2ccccc2)N=C(N)C(C#N)[C@@H]1c1ccccc1Cl. The Morgan fingerprint density at radius 1 is 1.08 bits per heavy atom. The van der Waals surface area contributed by atoms with Crippen LogP contribution in [-0.2, 0) is 5.75 Å². The maximum Gasteiger partial charge on any atom is 0.119 e. The quantitative estimate of drug-likeness (QED) is 0.842. The predicted octanol–water partition coefficient (Wildman–Crippen LogP) is 4.60. The van der Waals surface area contributed by atoms with Gasteiger partial charge in [-0.05, 0) is 17.2 Å². The number of thioether (sulfide) groups is 1. The molecule has 128 valence electrons. The van der Waals surface area contributed by atoms with Crippen molar-refractivity contribution in [2.75, 3.05) is 0 Å². The Morgan fingerprint density at radius 3 is 2.42 bits per heavy atom. The fraction of sp³-hybridized carbons (Fsp3) is 0.150. The number of nitrogens with zero attached hydrogens (tertiary/aromatic N) is 3. The van der Waals surface area contributed by atoms with Gasteiger partial charge in [0.15, 0.2) is 0 Å². The maximum atomic E-state index is 9.80. The van der Waals surface area contributed by atoms with E-state index in [9.17, 15) is 10.5 Å². The zero-order valence-corrected chi connectivity index (χ0v) is 15.3. The van der Waals surface area contributed by atoms with Gasteiger partial charge in [0.2, 0.25) is 0 Å². The summed E-state index contributed by atoms with van der Waals surface area (Å²) in [6.07, 6.45) is 0. The Bertz CT molecular complexity index is 954. The molecule has 6 heteroatoms. The third-order valence-corrected chi connectivity index (χ3v) is 5.55. The van der Waals surface area contributed by atoms with Crippen molar-refractivity contribution in [3.63, 3.8) is 0 Å². The maximum absolute atomic E-state index is 9.80. The number of hydrogen-bond donors (Lipinski definition) is 1. The second kappa shape index (κ2) is 8.10. The van der Waals surface area contributed by atoms with Crippen LogP contribution in [0.15, 0.2) is 70.2 Å². The van der Waals surface area contributed by atoms with Crippen LogP contribution in [0.25, 0.3) is 0 Å². The fourth-order valence-electron chi connectivity index (χ4n) is 2.87. The molecule has 2 aromatic carbocycles. The molecule has 1 unspecified atom stereocenters. The third kappa shape index (κ3) is 3.60. The molecule has 0 saturated heterocycles.